The lowest BCUT2D eigenvalue weighted by molar-refractivity contribution is -0.119. The Labute approximate surface area is 174 Å². The molecule has 0 N–H and O–H groups in total. The number of benzene rings is 2. The number of imidazole rings is 1. The van der Waals surface area contributed by atoms with Gasteiger partial charge in [0.2, 0.25) is 0 Å². The summed E-state index contributed by atoms with van der Waals surface area (Å²) in [6, 6.07) is 11.1. The lowest BCUT2D eigenvalue weighted by Gasteiger charge is -2.21. The number of halogens is 2. The van der Waals surface area contributed by atoms with Crippen LogP contribution in [0.2, 0.25) is 5.02 Å². The standard InChI is InChI=1S/C23H23ClFN3O/c1-14(16-5-6-18(15(2)9-16)23(3,4)12-26)10-17(29)11-28-13-27-20-8-7-19(25)21(24)22(20)28/h5-9,13-14H,10-11H2,1-4H3. The molecular formula is C23H23ClFN3O. The molecule has 0 spiro atoms. The van der Waals surface area contributed by atoms with Crippen molar-refractivity contribution >= 4 is 28.4 Å². The van der Waals surface area contributed by atoms with Crippen LogP contribution in [0.5, 0.6) is 0 Å². The summed E-state index contributed by atoms with van der Waals surface area (Å²) in [6.45, 7) is 7.86. The first-order chi connectivity index (χ1) is 13.6. The molecule has 0 saturated heterocycles. The van der Waals surface area contributed by atoms with Gasteiger partial charge >= 0.3 is 0 Å². The predicted molar refractivity (Wildman–Crippen MR) is 113 cm³/mol. The molecule has 6 heteroatoms. The lowest BCUT2D eigenvalue weighted by atomic mass is 9.81. The summed E-state index contributed by atoms with van der Waals surface area (Å²) in [7, 11) is 0. The summed E-state index contributed by atoms with van der Waals surface area (Å²) >= 11 is 6.07. The Morgan fingerprint density at radius 2 is 2.07 bits per heavy atom. The molecule has 1 atom stereocenters. The number of rotatable bonds is 6. The molecule has 3 rings (SSSR count). The average Bonchev–Trinajstić information content (AvgIpc) is 3.07. The molecule has 29 heavy (non-hydrogen) atoms. The number of ketones is 1. The molecule has 0 aliphatic carbocycles. The second-order valence-corrected chi connectivity index (χ2v) is 8.43. The van der Waals surface area contributed by atoms with Gasteiger partial charge in [0.1, 0.15) is 10.8 Å². The van der Waals surface area contributed by atoms with Gasteiger partial charge < -0.3 is 4.57 Å². The van der Waals surface area contributed by atoms with Crippen LogP contribution in [0, 0.1) is 24.1 Å². The largest absolute Gasteiger partial charge is 0.322 e. The zero-order valence-corrected chi connectivity index (χ0v) is 17.7. The Bertz CT molecular complexity index is 1130. The normalized spacial score (nSPS) is 12.7. The number of nitriles is 1. The van der Waals surface area contributed by atoms with E-state index in [0.717, 1.165) is 16.7 Å². The molecule has 0 fully saturated rings. The van der Waals surface area contributed by atoms with Crippen LogP contribution in [0.15, 0.2) is 36.7 Å². The highest BCUT2D eigenvalue weighted by Gasteiger charge is 2.23. The quantitative estimate of drug-likeness (QED) is 0.522. The maximum absolute atomic E-state index is 13.8. The van der Waals surface area contributed by atoms with Crippen molar-refractivity contribution in [3.8, 4) is 6.07 Å². The minimum Gasteiger partial charge on any atom is -0.322 e. The maximum Gasteiger partial charge on any atom is 0.153 e. The van der Waals surface area contributed by atoms with Gasteiger partial charge in [-0.3, -0.25) is 4.79 Å². The summed E-state index contributed by atoms with van der Waals surface area (Å²) in [5.41, 5.74) is 3.52. The third-order valence-corrected chi connectivity index (χ3v) is 5.68. The van der Waals surface area contributed by atoms with E-state index in [2.05, 4.69) is 11.1 Å². The van der Waals surface area contributed by atoms with E-state index in [4.69, 9.17) is 11.6 Å². The monoisotopic (exact) mass is 411 g/mol. The molecule has 0 aliphatic rings. The van der Waals surface area contributed by atoms with Crippen LogP contribution in [0.25, 0.3) is 11.0 Å². The fraction of sp³-hybridized carbons (Fsp3) is 0.348. The van der Waals surface area contributed by atoms with Gasteiger partial charge in [-0.25, -0.2) is 9.37 Å². The summed E-state index contributed by atoms with van der Waals surface area (Å²) in [5, 5.41) is 9.35. The van der Waals surface area contributed by atoms with Crippen LogP contribution in [0.3, 0.4) is 0 Å². The van der Waals surface area contributed by atoms with E-state index in [1.807, 2.05) is 45.9 Å². The van der Waals surface area contributed by atoms with Crippen LogP contribution in [-0.4, -0.2) is 15.3 Å². The van der Waals surface area contributed by atoms with Crippen molar-refractivity contribution in [2.45, 2.75) is 52.0 Å². The van der Waals surface area contributed by atoms with Crippen molar-refractivity contribution in [3.05, 3.63) is 64.2 Å². The second kappa shape index (κ2) is 7.96. The molecule has 4 nitrogen and oxygen atoms in total. The smallest absolute Gasteiger partial charge is 0.153 e. The third-order valence-electron chi connectivity index (χ3n) is 5.32. The van der Waals surface area contributed by atoms with E-state index >= 15 is 0 Å². The number of carbonyl (C=O) groups excluding carboxylic acids is 1. The van der Waals surface area contributed by atoms with Crippen molar-refractivity contribution in [2.75, 3.05) is 0 Å². The Kier molecular flexibility index (Phi) is 5.77. The van der Waals surface area contributed by atoms with Crippen molar-refractivity contribution in [2.24, 2.45) is 0 Å². The highest BCUT2D eigenvalue weighted by atomic mass is 35.5. The third kappa shape index (κ3) is 4.18. The van der Waals surface area contributed by atoms with Crippen molar-refractivity contribution in [1.82, 2.24) is 9.55 Å². The first-order valence-corrected chi connectivity index (χ1v) is 9.84. The molecule has 0 amide bonds. The highest BCUT2D eigenvalue weighted by Crippen LogP contribution is 2.30. The molecule has 1 heterocycles. The number of nitrogens with zero attached hydrogens (tertiary/aromatic N) is 3. The summed E-state index contributed by atoms with van der Waals surface area (Å²) in [5.74, 6) is -0.503. The molecule has 3 aromatic rings. The lowest BCUT2D eigenvalue weighted by Crippen LogP contribution is -2.16. The fourth-order valence-electron chi connectivity index (χ4n) is 3.69. The minimum atomic E-state index is -0.557. The van der Waals surface area contributed by atoms with Gasteiger partial charge in [0.05, 0.1) is 35.4 Å². The first-order valence-electron chi connectivity index (χ1n) is 9.47. The van der Waals surface area contributed by atoms with Gasteiger partial charge in [0.25, 0.3) is 0 Å². The molecule has 2 aromatic carbocycles. The van der Waals surface area contributed by atoms with Gasteiger partial charge in [-0.15, -0.1) is 0 Å². The SMILES string of the molecule is Cc1cc(C(C)CC(=O)Cn2cnc3ccc(F)c(Cl)c32)ccc1C(C)(C)C#N. The predicted octanol–water partition coefficient (Wildman–Crippen LogP) is 5.70. The number of aryl methyl sites for hydroxylation is 1. The highest BCUT2D eigenvalue weighted by molar-refractivity contribution is 6.35. The molecule has 0 bridgehead atoms. The maximum atomic E-state index is 13.8. The molecule has 1 aromatic heterocycles. The van der Waals surface area contributed by atoms with Gasteiger partial charge in [0.15, 0.2) is 5.78 Å². The molecule has 0 saturated carbocycles. The fourth-order valence-corrected chi connectivity index (χ4v) is 3.95. The van der Waals surface area contributed by atoms with E-state index in [9.17, 15) is 14.4 Å². The number of Topliss-reactive ketones (excluding diaryl/α,β-unsaturated/α-hetero) is 1. The summed E-state index contributed by atoms with van der Waals surface area (Å²) < 4.78 is 15.4. The van der Waals surface area contributed by atoms with E-state index in [1.54, 1.807) is 10.6 Å². The number of fused-ring (bicyclic) bond motifs is 1. The van der Waals surface area contributed by atoms with Gasteiger partial charge in [-0.1, -0.05) is 36.7 Å². The molecule has 0 radical (unpaired) electrons. The molecule has 0 aliphatic heterocycles. The van der Waals surface area contributed by atoms with Crippen molar-refractivity contribution in [1.29, 1.82) is 5.26 Å². The molecule has 1 unspecified atom stereocenters. The first kappa shape index (κ1) is 21.0. The van der Waals surface area contributed by atoms with Crippen LogP contribution in [-0.2, 0) is 16.8 Å². The van der Waals surface area contributed by atoms with E-state index < -0.39 is 11.2 Å². The number of carbonyl (C=O) groups is 1. The Morgan fingerprint density at radius 3 is 2.72 bits per heavy atom. The number of hydrogen-bond acceptors (Lipinski definition) is 3. The summed E-state index contributed by atoms with van der Waals surface area (Å²) in [4.78, 5) is 16.9. The van der Waals surface area contributed by atoms with Crippen molar-refractivity contribution < 1.29 is 9.18 Å². The van der Waals surface area contributed by atoms with Crippen LogP contribution >= 0.6 is 11.6 Å². The number of hydrogen-bond donors (Lipinski definition) is 0. The van der Waals surface area contributed by atoms with Gasteiger partial charge in [-0.05, 0) is 55.5 Å². The van der Waals surface area contributed by atoms with Crippen LogP contribution in [0.1, 0.15) is 49.8 Å². The Balaban J connectivity index is 1.76. The topological polar surface area (TPSA) is 58.7 Å². The minimum absolute atomic E-state index is 0.0104. The molecule has 150 valence electrons. The van der Waals surface area contributed by atoms with E-state index in [-0.39, 0.29) is 23.3 Å². The zero-order valence-electron chi connectivity index (χ0n) is 17.0. The Morgan fingerprint density at radius 1 is 1.34 bits per heavy atom. The van der Waals surface area contributed by atoms with Gasteiger partial charge in [-0.2, -0.15) is 5.26 Å². The summed E-state index contributed by atoms with van der Waals surface area (Å²) in [6.07, 6.45) is 1.86. The second-order valence-electron chi connectivity index (χ2n) is 8.06. The average molecular weight is 412 g/mol. The van der Waals surface area contributed by atoms with Crippen LogP contribution in [0.4, 0.5) is 4.39 Å². The molecular weight excluding hydrogens is 389 g/mol. The van der Waals surface area contributed by atoms with E-state index in [0.29, 0.717) is 17.5 Å². The van der Waals surface area contributed by atoms with Crippen molar-refractivity contribution in [3.63, 3.8) is 0 Å². The van der Waals surface area contributed by atoms with Crippen LogP contribution < -0.4 is 0 Å². The zero-order chi connectivity index (χ0) is 21.3. The number of aromatic nitrogens is 2. The van der Waals surface area contributed by atoms with Gasteiger partial charge in [0, 0.05) is 6.42 Å². The van der Waals surface area contributed by atoms with E-state index in [1.165, 1.54) is 12.4 Å². The Hall–Kier alpha value is -2.71.